The Labute approximate surface area is 203 Å². The van der Waals surface area contributed by atoms with Crippen LogP contribution in [0.2, 0.25) is 0 Å². The van der Waals surface area contributed by atoms with E-state index in [9.17, 15) is 10.0 Å². The number of rotatable bonds is 8. The summed E-state index contributed by atoms with van der Waals surface area (Å²) in [5.74, 6) is 1.78. The lowest BCUT2D eigenvalue weighted by atomic mass is 10.1. The van der Waals surface area contributed by atoms with E-state index in [0.29, 0.717) is 16.6 Å². The quantitative estimate of drug-likeness (QED) is 0.248. The zero-order chi connectivity index (χ0) is 24.8. The number of nitrogens with zero attached hydrogens (tertiary/aromatic N) is 4. The number of amides is 1. The summed E-state index contributed by atoms with van der Waals surface area (Å²) < 4.78 is 5.97. The van der Waals surface area contributed by atoms with Gasteiger partial charge in [-0.1, -0.05) is 25.1 Å². The fourth-order valence-corrected chi connectivity index (χ4v) is 3.47. The zero-order valence-corrected chi connectivity index (χ0v) is 19.9. The maximum absolute atomic E-state index is 11.5. The van der Waals surface area contributed by atoms with Crippen molar-refractivity contribution >= 4 is 34.4 Å². The van der Waals surface area contributed by atoms with Crippen molar-refractivity contribution in [3.8, 4) is 11.5 Å². The van der Waals surface area contributed by atoms with Gasteiger partial charge < -0.3 is 10.1 Å². The van der Waals surface area contributed by atoms with Crippen LogP contribution in [0.15, 0.2) is 67.1 Å². The van der Waals surface area contributed by atoms with E-state index in [1.54, 1.807) is 19.2 Å². The molecule has 0 saturated heterocycles. The topological polar surface area (TPSA) is 100 Å². The minimum atomic E-state index is -0.324. The van der Waals surface area contributed by atoms with Gasteiger partial charge in [0.05, 0.1) is 18.3 Å². The van der Waals surface area contributed by atoms with Gasteiger partial charge in [-0.2, -0.15) is 0 Å². The fourth-order valence-electron chi connectivity index (χ4n) is 3.47. The van der Waals surface area contributed by atoms with Gasteiger partial charge in [-0.25, -0.2) is 15.0 Å². The molecule has 0 radical (unpaired) electrons. The van der Waals surface area contributed by atoms with Crippen LogP contribution in [0.3, 0.4) is 0 Å². The number of hydrogen-bond donors (Lipinski definition) is 2. The van der Waals surface area contributed by atoms with Crippen LogP contribution in [0.4, 0.5) is 11.5 Å². The summed E-state index contributed by atoms with van der Waals surface area (Å²) in [6, 6.07) is 15.4. The predicted octanol–water partition coefficient (Wildman–Crippen LogP) is 5.82. The van der Waals surface area contributed by atoms with Crippen molar-refractivity contribution in [1.82, 2.24) is 20.0 Å². The van der Waals surface area contributed by atoms with Gasteiger partial charge >= 0.3 is 0 Å². The maximum atomic E-state index is 11.5. The molecular formula is C27H27N5O3. The van der Waals surface area contributed by atoms with E-state index >= 15 is 0 Å². The normalized spacial score (nSPS) is 11.1. The van der Waals surface area contributed by atoms with Gasteiger partial charge in [-0.15, -0.1) is 0 Å². The first-order chi connectivity index (χ1) is 16.9. The standard InChI is InChI=1S/C27H27N5O3/c1-4-26(33)32(34)13-5-6-20-8-11-24-23(15-20)27(30-17-29-24)31-21-9-12-25(18(2)14-21)35-22-10-7-19(3)28-16-22/h5-12,14-17,34H,4,13H2,1-3H3,(H,29,30,31). The van der Waals surface area contributed by atoms with Crippen molar-refractivity contribution in [2.45, 2.75) is 27.2 Å². The number of aromatic nitrogens is 3. The molecular weight excluding hydrogens is 442 g/mol. The summed E-state index contributed by atoms with van der Waals surface area (Å²) in [4.78, 5) is 24.6. The number of benzene rings is 2. The Hall–Kier alpha value is -4.30. The van der Waals surface area contributed by atoms with E-state index in [1.807, 2.05) is 68.5 Å². The SMILES string of the molecule is CCC(=O)N(O)CC=Cc1ccc2ncnc(Nc3ccc(Oc4ccc(C)nc4)c(C)c3)c2c1. The number of ether oxygens (including phenoxy) is 1. The number of hydrogen-bond acceptors (Lipinski definition) is 7. The molecule has 1 amide bonds. The van der Waals surface area contributed by atoms with Gasteiger partial charge in [0.1, 0.15) is 23.6 Å². The van der Waals surface area contributed by atoms with E-state index in [4.69, 9.17) is 4.74 Å². The molecule has 8 nitrogen and oxygen atoms in total. The average molecular weight is 470 g/mol. The van der Waals surface area contributed by atoms with Crippen molar-refractivity contribution in [3.05, 3.63) is 84.0 Å². The van der Waals surface area contributed by atoms with Crippen molar-refractivity contribution in [2.75, 3.05) is 11.9 Å². The van der Waals surface area contributed by atoms with Gasteiger partial charge in [0.2, 0.25) is 5.91 Å². The largest absolute Gasteiger partial charge is 0.455 e. The average Bonchev–Trinajstić information content (AvgIpc) is 2.86. The number of pyridine rings is 1. The number of anilines is 2. The summed E-state index contributed by atoms with van der Waals surface area (Å²) in [6.07, 6.45) is 7.06. The minimum Gasteiger partial charge on any atom is -0.455 e. The molecule has 2 aromatic carbocycles. The lowest BCUT2D eigenvalue weighted by Crippen LogP contribution is -2.26. The van der Waals surface area contributed by atoms with E-state index in [-0.39, 0.29) is 18.9 Å². The Morgan fingerprint density at radius 1 is 1.09 bits per heavy atom. The van der Waals surface area contributed by atoms with Crippen LogP contribution in [0.1, 0.15) is 30.2 Å². The van der Waals surface area contributed by atoms with Crippen molar-refractivity contribution < 1.29 is 14.7 Å². The van der Waals surface area contributed by atoms with Crippen molar-refractivity contribution in [3.63, 3.8) is 0 Å². The van der Waals surface area contributed by atoms with Gasteiger partial charge in [-0.3, -0.25) is 15.0 Å². The Bertz CT molecular complexity index is 1370. The molecule has 2 heterocycles. The number of nitrogens with one attached hydrogen (secondary N) is 1. The molecule has 2 aromatic heterocycles. The molecule has 0 atom stereocenters. The first kappa shape index (κ1) is 23.8. The van der Waals surface area contributed by atoms with Gasteiger partial charge in [0, 0.05) is 23.2 Å². The second-order valence-corrected chi connectivity index (χ2v) is 8.07. The first-order valence-electron chi connectivity index (χ1n) is 11.3. The van der Waals surface area contributed by atoms with Crippen LogP contribution in [-0.2, 0) is 4.79 Å². The van der Waals surface area contributed by atoms with E-state index < -0.39 is 0 Å². The summed E-state index contributed by atoms with van der Waals surface area (Å²) in [5, 5.41) is 14.6. The van der Waals surface area contributed by atoms with Crippen LogP contribution in [0, 0.1) is 13.8 Å². The third-order valence-electron chi connectivity index (χ3n) is 5.39. The lowest BCUT2D eigenvalue weighted by Gasteiger charge is -2.13. The van der Waals surface area contributed by atoms with Crippen molar-refractivity contribution in [2.24, 2.45) is 0 Å². The molecule has 8 heteroatoms. The highest BCUT2D eigenvalue weighted by atomic mass is 16.5. The van der Waals surface area contributed by atoms with Gasteiger partial charge in [0.15, 0.2) is 0 Å². The number of hydroxylamine groups is 2. The van der Waals surface area contributed by atoms with Crippen LogP contribution in [0.5, 0.6) is 11.5 Å². The number of carbonyl (C=O) groups excluding carboxylic acids is 1. The Balaban J connectivity index is 1.52. The summed E-state index contributed by atoms with van der Waals surface area (Å²) >= 11 is 0. The summed E-state index contributed by atoms with van der Waals surface area (Å²) in [6.45, 7) is 5.74. The van der Waals surface area contributed by atoms with Gasteiger partial charge in [0.25, 0.3) is 0 Å². The second kappa shape index (κ2) is 10.8. The number of fused-ring (bicyclic) bond motifs is 1. The maximum Gasteiger partial charge on any atom is 0.245 e. The van der Waals surface area contributed by atoms with Crippen molar-refractivity contribution in [1.29, 1.82) is 0 Å². The second-order valence-electron chi connectivity index (χ2n) is 8.07. The molecule has 0 aliphatic carbocycles. The molecule has 0 unspecified atom stereocenters. The highest BCUT2D eigenvalue weighted by molar-refractivity contribution is 5.92. The monoisotopic (exact) mass is 469 g/mol. The molecule has 0 bridgehead atoms. The molecule has 0 saturated carbocycles. The smallest absolute Gasteiger partial charge is 0.245 e. The fraction of sp³-hybridized carbons (Fsp3) is 0.185. The highest BCUT2D eigenvalue weighted by Gasteiger charge is 2.08. The van der Waals surface area contributed by atoms with E-state index in [1.165, 1.54) is 6.33 Å². The minimum absolute atomic E-state index is 0.119. The lowest BCUT2D eigenvalue weighted by molar-refractivity contribution is -0.162. The van der Waals surface area contributed by atoms with Crippen LogP contribution in [-0.4, -0.2) is 37.7 Å². The molecule has 0 spiro atoms. The van der Waals surface area contributed by atoms with E-state index in [0.717, 1.165) is 39.2 Å². The predicted molar refractivity (Wildman–Crippen MR) is 136 cm³/mol. The highest BCUT2D eigenvalue weighted by Crippen LogP contribution is 2.30. The first-order valence-corrected chi connectivity index (χ1v) is 11.3. The van der Waals surface area contributed by atoms with Gasteiger partial charge in [-0.05, 0) is 67.4 Å². The summed E-state index contributed by atoms with van der Waals surface area (Å²) in [7, 11) is 0. The number of aryl methyl sites for hydroxylation is 2. The molecule has 4 rings (SSSR count). The molecule has 0 fully saturated rings. The molecule has 178 valence electrons. The Morgan fingerprint density at radius 3 is 2.69 bits per heavy atom. The zero-order valence-electron chi connectivity index (χ0n) is 19.9. The molecule has 35 heavy (non-hydrogen) atoms. The third kappa shape index (κ3) is 5.99. The Morgan fingerprint density at radius 2 is 1.94 bits per heavy atom. The molecule has 4 aromatic rings. The van der Waals surface area contributed by atoms with Crippen LogP contribution < -0.4 is 10.1 Å². The van der Waals surface area contributed by atoms with E-state index in [2.05, 4.69) is 20.3 Å². The molecule has 0 aliphatic heterocycles. The van der Waals surface area contributed by atoms with Crippen LogP contribution >= 0.6 is 0 Å². The number of carbonyl (C=O) groups is 1. The Kier molecular flexibility index (Phi) is 7.32. The summed E-state index contributed by atoms with van der Waals surface area (Å²) in [5.41, 5.74) is 4.47. The molecule has 2 N–H and O–H groups in total. The van der Waals surface area contributed by atoms with Crippen LogP contribution in [0.25, 0.3) is 17.0 Å². The molecule has 0 aliphatic rings. The third-order valence-corrected chi connectivity index (χ3v) is 5.39.